The van der Waals surface area contributed by atoms with Crippen molar-refractivity contribution < 1.29 is 4.74 Å². The van der Waals surface area contributed by atoms with Crippen molar-refractivity contribution >= 4 is 48.8 Å². The molecule has 0 aromatic heterocycles. The average Bonchev–Trinajstić information content (AvgIpc) is 2.77. The molecular weight excluding hydrogens is 414 g/mol. The lowest BCUT2D eigenvalue weighted by Gasteiger charge is -2.09. The summed E-state index contributed by atoms with van der Waals surface area (Å²) in [6.07, 6.45) is 0. The number of alkyl halides is 1. The van der Waals surface area contributed by atoms with Gasteiger partial charge in [-0.1, -0.05) is 52.9 Å². The fourth-order valence-electron chi connectivity index (χ4n) is 1.68. The van der Waals surface area contributed by atoms with Crippen molar-refractivity contribution in [1.29, 1.82) is 0 Å². The van der Waals surface area contributed by atoms with Crippen LogP contribution < -0.4 is 0 Å². The number of benzene rings is 1. The van der Waals surface area contributed by atoms with Gasteiger partial charge < -0.3 is 4.74 Å². The number of halogens is 2. The first kappa shape index (κ1) is 11.9. The second-order valence-corrected chi connectivity index (χ2v) is 5.53. The predicted octanol–water partition coefficient (Wildman–Crippen LogP) is 3.91. The van der Waals surface area contributed by atoms with Crippen LogP contribution in [0.5, 0.6) is 0 Å². The minimum absolute atomic E-state index is 0.609. The van der Waals surface area contributed by atoms with E-state index >= 15 is 0 Å². The maximum atomic E-state index is 5.54. The van der Waals surface area contributed by atoms with Gasteiger partial charge in [-0.3, -0.25) is 0 Å². The van der Waals surface area contributed by atoms with Crippen molar-refractivity contribution in [3.8, 4) is 0 Å². The Hall–Kier alpha value is 0.380. The Morgan fingerprint density at radius 3 is 2.73 bits per heavy atom. The average molecular weight is 426 g/mol. The molecule has 0 radical (unpaired) electrons. The minimum Gasteiger partial charge on any atom is -0.376 e. The summed E-state index contributed by atoms with van der Waals surface area (Å²) in [5.74, 6) is 0.609. The quantitative estimate of drug-likeness (QED) is 0.515. The van der Waals surface area contributed by atoms with Crippen molar-refractivity contribution in [2.45, 2.75) is 0 Å². The molecule has 1 nitrogen and oxygen atoms in total. The van der Waals surface area contributed by atoms with E-state index in [-0.39, 0.29) is 0 Å². The van der Waals surface area contributed by atoms with Crippen LogP contribution in [0, 0.1) is 5.92 Å². The van der Waals surface area contributed by atoms with E-state index in [2.05, 4.69) is 75.5 Å². The second-order valence-electron chi connectivity index (χ2n) is 3.57. The van der Waals surface area contributed by atoms with Gasteiger partial charge in [0.25, 0.3) is 0 Å². The van der Waals surface area contributed by atoms with Crippen LogP contribution >= 0.6 is 45.2 Å². The Morgan fingerprint density at radius 1 is 1.33 bits per heavy atom. The first-order valence-corrected chi connectivity index (χ1v) is 7.51. The molecule has 1 atom stereocenters. The van der Waals surface area contributed by atoms with Gasteiger partial charge in [0.1, 0.15) is 0 Å². The van der Waals surface area contributed by atoms with Crippen molar-refractivity contribution in [3.05, 3.63) is 41.5 Å². The zero-order valence-electron chi connectivity index (χ0n) is 8.25. The van der Waals surface area contributed by atoms with Crippen molar-refractivity contribution in [3.63, 3.8) is 0 Å². The molecule has 0 saturated carbocycles. The standard InChI is InChI=1S/C12H12I2O/c13-6-10-7-15-8-11(10)12(14)9-4-2-1-3-5-9/h1-5,10H,6-8H2/b12-11-. The summed E-state index contributed by atoms with van der Waals surface area (Å²) in [5, 5.41) is 0. The summed E-state index contributed by atoms with van der Waals surface area (Å²) < 4.78 is 8.05. The molecule has 1 aromatic carbocycles. The van der Waals surface area contributed by atoms with Crippen LogP contribution in [0.1, 0.15) is 5.56 Å². The van der Waals surface area contributed by atoms with Gasteiger partial charge in [0.15, 0.2) is 0 Å². The molecule has 0 spiro atoms. The van der Waals surface area contributed by atoms with Crippen LogP contribution in [0.3, 0.4) is 0 Å². The van der Waals surface area contributed by atoms with E-state index in [0.29, 0.717) is 5.92 Å². The molecule has 2 rings (SSSR count). The fourth-order valence-corrected chi connectivity index (χ4v) is 3.42. The van der Waals surface area contributed by atoms with E-state index in [0.717, 1.165) is 17.6 Å². The molecule has 1 heterocycles. The Bertz CT molecular complexity index is 359. The van der Waals surface area contributed by atoms with E-state index in [1.54, 1.807) is 0 Å². The molecule has 3 heteroatoms. The van der Waals surface area contributed by atoms with Crippen molar-refractivity contribution in [2.24, 2.45) is 5.92 Å². The van der Waals surface area contributed by atoms with Gasteiger partial charge >= 0.3 is 0 Å². The van der Waals surface area contributed by atoms with Crippen molar-refractivity contribution in [1.82, 2.24) is 0 Å². The molecule has 15 heavy (non-hydrogen) atoms. The largest absolute Gasteiger partial charge is 0.376 e. The summed E-state index contributed by atoms with van der Waals surface area (Å²) in [7, 11) is 0. The monoisotopic (exact) mass is 426 g/mol. The SMILES string of the molecule is ICC1COC/C1=C(/I)c1ccccc1. The van der Waals surface area contributed by atoms with Crippen LogP contribution in [0.2, 0.25) is 0 Å². The lowest BCUT2D eigenvalue weighted by Crippen LogP contribution is -2.04. The van der Waals surface area contributed by atoms with E-state index in [1.807, 2.05) is 0 Å². The Labute approximate surface area is 118 Å². The highest BCUT2D eigenvalue weighted by atomic mass is 127. The molecule has 0 aliphatic carbocycles. The molecule has 0 amide bonds. The highest BCUT2D eigenvalue weighted by Crippen LogP contribution is 2.34. The highest BCUT2D eigenvalue weighted by molar-refractivity contribution is 14.1. The molecule has 1 aliphatic heterocycles. The van der Waals surface area contributed by atoms with Gasteiger partial charge in [0.05, 0.1) is 13.2 Å². The normalized spacial score (nSPS) is 24.3. The van der Waals surface area contributed by atoms with Crippen molar-refractivity contribution in [2.75, 3.05) is 17.6 Å². The van der Waals surface area contributed by atoms with Gasteiger partial charge in [-0.15, -0.1) is 0 Å². The summed E-state index contributed by atoms with van der Waals surface area (Å²) in [6, 6.07) is 10.6. The summed E-state index contributed by atoms with van der Waals surface area (Å²) in [6.45, 7) is 1.69. The van der Waals surface area contributed by atoms with E-state index in [9.17, 15) is 0 Å². The smallest absolute Gasteiger partial charge is 0.0694 e. The second kappa shape index (κ2) is 5.63. The first-order chi connectivity index (χ1) is 7.33. The van der Waals surface area contributed by atoms with Crippen LogP contribution in [-0.4, -0.2) is 17.6 Å². The molecule has 80 valence electrons. The van der Waals surface area contributed by atoms with Crippen LogP contribution in [0.25, 0.3) is 3.58 Å². The van der Waals surface area contributed by atoms with Crippen LogP contribution in [0.4, 0.5) is 0 Å². The zero-order valence-corrected chi connectivity index (χ0v) is 12.6. The number of ether oxygens (including phenoxy) is 1. The third-order valence-electron chi connectivity index (χ3n) is 2.56. The molecule has 1 saturated heterocycles. The Morgan fingerprint density at radius 2 is 2.07 bits per heavy atom. The Kier molecular flexibility index (Phi) is 4.45. The molecule has 1 aliphatic rings. The third-order valence-corrected chi connectivity index (χ3v) is 4.94. The molecule has 0 N–H and O–H groups in total. The van der Waals surface area contributed by atoms with E-state index in [1.165, 1.54) is 14.7 Å². The van der Waals surface area contributed by atoms with Gasteiger partial charge in [-0.25, -0.2) is 0 Å². The van der Waals surface area contributed by atoms with Gasteiger partial charge in [0, 0.05) is 13.9 Å². The van der Waals surface area contributed by atoms with E-state index < -0.39 is 0 Å². The number of hydrogen-bond acceptors (Lipinski definition) is 1. The fraction of sp³-hybridized carbons (Fsp3) is 0.333. The molecule has 1 fully saturated rings. The number of hydrogen-bond donors (Lipinski definition) is 0. The molecule has 0 bridgehead atoms. The van der Waals surface area contributed by atoms with Crippen LogP contribution in [0.15, 0.2) is 35.9 Å². The maximum absolute atomic E-state index is 5.54. The topological polar surface area (TPSA) is 9.23 Å². The molecular formula is C12H12I2O. The zero-order chi connectivity index (χ0) is 10.7. The minimum atomic E-state index is 0.609. The maximum Gasteiger partial charge on any atom is 0.0694 e. The van der Waals surface area contributed by atoms with Gasteiger partial charge in [-0.05, 0) is 33.7 Å². The van der Waals surface area contributed by atoms with Gasteiger partial charge in [0.2, 0.25) is 0 Å². The predicted molar refractivity (Wildman–Crippen MR) is 80.6 cm³/mol. The van der Waals surface area contributed by atoms with Crippen LogP contribution in [-0.2, 0) is 4.74 Å². The summed E-state index contributed by atoms with van der Waals surface area (Å²) >= 11 is 4.88. The highest BCUT2D eigenvalue weighted by Gasteiger charge is 2.23. The third kappa shape index (κ3) is 2.74. The summed E-state index contributed by atoms with van der Waals surface area (Å²) in [4.78, 5) is 0. The molecule has 1 aromatic rings. The Balaban J connectivity index is 2.32. The summed E-state index contributed by atoms with van der Waals surface area (Å²) in [5.41, 5.74) is 2.78. The lowest BCUT2D eigenvalue weighted by atomic mass is 10.0. The molecule has 1 unspecified atom stereocenters. The number of rotatable bonds is 2. The van der Waals surface area contributed by atoms with E-state index in [4.69, 9.17) is 4.74 Å². The van der Waals surface area contributed by atoms with Gasteiger partial charge in [-0.2, -0.15) is 0 Å². The lowest BCUT2D eigenvalue weighted by molar-refractivity contribution is 0.192. The first-order valence-electron chi connectivity index (χ1n) is 4.90.